The summed E-state index contributed by atoms with van der Waals surface area (Å²) in [6.45, 7) is 14.1. The minimum Gasteiger partial charge on any atom is -0.395 e. The Morgan fingerprint density at radius 2 is 1.67 bits per heavy atom. The van der Waals surface area contributed by atoms with Crippen LogP contribution in [0.2, 0.25) is 0 Å². The summed E-state index contributed by atoms with van der Waals surface area (Å²) in [5.74, 6) is 0.416. The van der Waals surface area contributed by atoms with Crippen molar-refractivity contribution in [1.29, 1.82) is 0 Å². The van der Waals surface area contributed by atoms with Gasteiger partial charge in [-0.2, -0.15) is 0 Å². The second-order valence-corrected chi connectivity index (χ2v) is 8.73. The average molecular weight is 334 g/mol. The van der Waals surface area contributed by atoms with E-state index >= 15 is 0 Å². The second-order valence-electron chi connectivity index (χ2n) is 8.73. The predicted molar refractivity (Wildman–Crippen MR) is 101 cm³/mol. The van der Waals surface area contributed by atoms with Crippen LogP contribution in [0, 0.1) is 10.8 Å². The third-order valence-corrected chi connectivity index (χ3v) is 5.01. The first kappa shape index (κ1) is 20.7. The number of hydrogen-bond donors (Lipinski definition) is 1. The molecule has 0 heterocycles. The maximum absolute atomic E-state index is 12.3. The Kier molecular flexibility index (Phi) is 7.03. The first-order valence-electron chi connectivity index (χ1n) is 8.98. The van der Waals surface area contributed by atoms with Gasteiger partial charge in [0.2, 0.25) is 0 Å². The van der Waals surface area contributed by atoms with Crippen molar-refractivity contribution in [2.45, 2.75) is 60.3 Å². The molecule has 1 aromatic carbocycles. The van der Waals surface area contributed by atoms with Gasteiger partial charge in [0.1, 0.15) is 0 Å². The molecule has 0 saturated carbocycles. The summed E-state index contributed by atoms with van der Waals surface area (Å²) < 4.78 is 0. The van der Waals surface area contributed by atoms with Crippen LogP contribution >= 0.6 is 0 Å². The largest absolute Gasteiger partial charge is 0.395 e. The lowest BCUT2D eigenvalue weighted by Crippen LogP contribution is -2.29. The predicted octanol–water partition coefficient (Wildman–Crippen LogP) is 4.71. The molecule has 0 radical (unpaired) electrons. The topological polar surface area (TPSA) is 40.5 Å². The summed E-state index contributed by atoms with van der Waals surface area (Å²) in [7, 11) is 1.72. The molecule has 1 unspecified atom stereocenters. The fourth-order valence-corrected chi connectivity index (χ4v) is 3.03. The maximum atomic E-state index is 12.3. The average Bonchev–Trinajstić information content (AvgIpc) is 2.51. The molecule has 0 aliphatic rings. The van der Waals surface area contributed by atoms with Crippen LogP contribution in [0.3, 0.4) is 0 Å². The molecule has 1 atom stereocenters. The minimum atomic E-state index is -0.0438. The SMILES string of the molecule is CCC(C)(C)C(CC(C)(C)C)c1ccc(C(=O)N(C)CCO)cc1. The highest BCUT2D eigenvalue weighted by molar-refractivity contribution is 5.94. The van der Waals surface area contributed by atoms with E-state index in [1.807, 2.05) is 12.1 Å². The molecule has 0 aliphatic heterocycles. The normalized spacial score (nSPS) is 13.7. The highest BCUT2D eigenvalue weighted by Crippen LogP contribution is 2.45. The molecule has 1 amide bonds. The molecule has 24 heavy (non-hydrogen) atoms. The zero-order valence-corrected chi connectivity index (χ0v) is 16.5. The Morgan fingerprint density at radius 3 is 2.08 bits per heavy atom. The smallest absolute Gasteiger partial charge is 0.253 e. The fraction of sp³-hybridized carbons (Fsp3) is 0.667. The summed E-state index contributed by atoms with van der Waals surface area (Å²) in [6, 6.07) is 8.06. The Hall–Kier alpha value is -1.35. The van der Waals surface area contributed by atoms with Crippen molar-refractivity contribution in [3.63, 3.8) is 0 Å². The highest BCUT2D eigenvalue weighted by Gasteiger charge is 2.32. The summed E-state index contributed by atoms with van der Waals surface area (Å²) in [4.78, 5) is 13.9. The van der Waals surface area contributed by atoms with Crippen molar-refractivity contribution in [1.82, 2.24) is 4.90 Å². The molecular weight excluding hydrogens is 298 g/mol. The summed E-state index contributed by atoms with van der Waals surface area (Å²) in [5.41, 5.74) is 2.45. The molecule has 3 heteroatoms. The number of amides is 1. The highest BCUT2D eigenvalue weighted by atomic mass is 16.3. The van der Waals surface area contributed by atoms with Crippen LogP contribution in [-0.2, 0) is 0 Å². The number of carbonyl (C=O) groups is 1. The van der Waals surface area contributed by atoms with Crippen molar-refractivity contribution in [2.24, 2.45) is 10.8 Å². The van der Waals surface area contributed by atoms with Gasteiger partial charge >= 0.3 is 0 Å². The van der Waals surface area contributed by atoms with Crippen LogP contribution in [0.4, 0.5) is 0 Å². The van der Waals surface area contributed by atoms with E-state index in [2.05, 4.69) is 53.7 Å². The van der Waals surface area contributed by atoms with Crippen LogP contribution in [0.5, 0.6) is 0 Å². The third kappa shape index (κ3) is 5.62. The zero-order chi connectivity index (χ0) is 18.5. The van der Waals surface area contributed by atoms with Crippen LogP contribution in [0.1, 0.15) is 76.2 Å². The first-order chi connectivity index (χ1) is 11.0. The lowest BCUT2D eigenvalue weighted by Gasteiger charge is -2.38. The van der Waals surface area contributed by atoms with Crippen molar-refractivity contribution in [3.05, 3.63) is 35.4 Å². The molecular formula is C21H35NO2. The molecule has 3 nitrogen and oxygen atoms in total. The molecule has 0 bridgehead atoms. The van der Waals surface area contributed by atoms with E-state index in [-0.39, 0.29) is 23.3 Å². The van der Waals surface area contributed by atoms with Crippen LogP contribution in [-0.4, -0.2) is 36.1 Å². The van der Waals surface area contributed by atoms with Gasteiger partial charge in [0, 0.05) is 19.2 Å². The molecule has 0 aromatic heterocycles. The Labute approximate surface area is 148 Å². The summed E-state index contributed by atoms with van der Waals surface area (Å²) in [6.07, 6.45) is 2.24. The minimum absolute atomic E-state index is 0.0152. The zero-order valence-electron chi connectivity index (χ0n) is 16.5. The van der Waals surface area contributed by atoms with E-state index in [1.165, 1.54) is 5.56 Å². The van der Waals surface area contributed by atoms with Gasteiger partial charge in [-0.15, -0.1) is 0 Å². The van der Waals surface area contributed by atoms with Crippen LogP contribution in [0.15, 0.2) is 24.3 Å². The van der Waals surface area contributed by atoms with E-state index < -0.39 is 0 Å². The lowest BCUT2D eigenvalue weighted by molar-refractivity contribution is 0.0767. The van der Waals surface area contributed by atoms with E-state index in [1.54, 1.807) is 11.9 Å². The molecule has 0 fully saturated rings. The number of benzene rings is 1. The Balaban J connectivity index is 3.07. The van der Waals surface area contributed by atoms with Crippen molar-refractivity contribution in [2.75, 3.05) is 20.2 Å². The quantitative estimate of drug-likeness (QED) is 0.785. The van der Waals surface area contributed by atoms with E-state index in [0.717, 1.165) is 12.8 Å². The van der Waals surface area contributed by atoms with Crippen molar-refractivity contribution >= 4 is 5.91 Å². The monoisotopic (exact) mass is 333 g/mol. The third-order valence-electron chi connectivity index (χ3n) is 5.01. The molecule has 1 rings (SSSR count). The number of aliphatic hydroxyl groups is 1. The molecule has 136 valence electrons. The second kappa shape index (κ2) is 8.15. The van der Waals surface area contributed by atoms with Gasteiger partial charge in [-0.05, 0) is 40.9 Å². The Morgan fingerprint density at radius 1 is 1.12 bits per heavy atom. The number of likely N-dealkylation sites (N-methyl/N-ethyl adjacent to an activating group) is 1. The van der Waals surface area contributed by atoms with Gasteiger partial charge < -0.3 is 10.0 Å². The number of nitrogens with zero attached hydrogens (tertiary/aromatic N) is 1. The summed E-state index contributed by atoms with van der Waals surface area (Å²) >= 11 is 0. The lowest BCUT2D eigenvalue weighted by atomic mass is 9.67. The Bertz CT molecular complexity index is 526. The van der Waals surface area contributed by atoms with Gasteiger partial charge in [0.05, 0.1) is 6.61 Å². The fourth-order valence-electron chi connectivity index (χ4n) is 3.03. The van der Waals surface area contributed by atoms with E-state index in [4.69, 9.17) is 5.11 Å². The van der Waals surface area contributed by atoms with Gasteiger partial charge in [0.25, 0.3) is 5.91 Å². The van der Waals surface area contributed by atoms with E-state index in [0.29, 0.717) is 18.0 Å². The van der Waals surface area contributed by atoms with Gasteiger partial charge in [0.15, 0.2) is 0 Å². The van der Waals surface area contributed by atoms with Crippen LogP contribution in [0.25, 0.3) is 0 Å². The molecule has 1 aromatic rings. The van der Waals surface area contributed by atoms with Crippen molar-refractivity contribution in [3.8, 4) is 0 Å². The molecule has 0 spiro atoms. The number of hydrogen-bond acceptors (Lipinski definition) is 2. The standard InChI is InChI=1S/C21H35NO2/c1-8-21(5,6)18(15-20(2,3)4)16-9-11-17(12-10-16)19(24)22(7)13-14-23/h9-12,18,23H,8,13-15H2,1-7H3. The number of carbonyl (C=O) groups excluding carboxylic acids is 1. The molecule has 1 N–H and O–H groups in total. The van der Waals surface area contributed by atoms with Gasteiger partial charge in [-0.1, -0.05) is 60.1 Å². The molecule has 0 saturated heterocycles. The van der Waals surface area contributed by atoms with Gasteiger partial charge in [-0.25, -0.2) is 0 Å². The van der Waals surface area contributed by atoms with Crippen molar-refractivity contribution < 1.29 is 9.90 Å². The van der Waals surface area contributed by atoms with Gasteiger partial charge in [-0.3, -0.25) is 4.79 Å². The first-order valence-corrected chi connectivity index (χ1v) is 8.98. The summed E-state index contributed by atoms with van der Waals surface area (Å²) in [5, 5.41) is 8.98. The molecule has 0 aliphatic carbocycles. The maximum Gasteiger partial charge on any atom is 0.253 e. The number of aliphatic hydroxyl groups excluding tert-OH is 1. The van der Waals surface area contributed by atoms with Crippen LogP contribution < -0.4 is 0 Å². The van der Waals surface area contributed by atoms with E-state index in [9.17, 15) is 4.79 Å². The number of rotatable bonds is 7.